The van der Waals surface area contributed by atoms with Crippen molar-refractivity contribution in [2.24, 2.45) is 0 Å². The van der Waals surface area contributed by atoms with E-state index in [1.165, 1.54) is 4.73 Å². The molecular weight excluding hydrogens is 264 g/mol. The summed E-state index contributed by atoms with van der Waals surface area (Å²) in [7, 11) is 0. The number of rotatable bonds is 5. The summed E-state index contributed by atoms with van der Waals surface area (Å²) in [5.41, 5.74) is 2.10. The Morgan fingerprint density at radius 1 is 1.26 bits per heavy atom. The summed E-state index contributed by atoms with van der Waals surface area (Å²) in [6, 6.07) is 11.1. The first-order valence-electron chi connectivity index (χ1n) is 5.84. The van der Waals surface area contributed by atoms with Crippen molar-refractivity contribution >= 4 is 11.6 Å². The standard InChI is InChI=1S/C14H13ClN2O2/c1-2-18-10-19-17-8-7-12(9-16)14(17)11-3-5-13(15)6-4-11/h3-8H,2,10H2,1H3. The molecule has 1 aromatic heterocycles. The molecule has 0 atom stereocenters. The first-order valence-corrected chi connectivity index (χ1v) is 6.22. The Kier molecular flexibility index (Phi) is 4.45. The van der Waals surface area contributed by atoms with Crippen LogP contribution in [0.25, 0.3) is 11.3 Å². The van der Waals surface area contributed by atoms with Crippen molar-refractivity contribution in [1.82, 2.24) is 4.73 Å². The molecule has 4 nitrogen and oxygen atoms in total. The molecule has 2 aromatic rings. The Morgan fingerprint density at radius 2 is 2.00 bits per heavy atom. The number of benzene rings is 1. The second-order valence-electron chi connectivity index (χ2n) is 3.76. The van der Waals surface area contributed by atoms with Gasteiger partial charge < -0.3 is 9.57 Å². The molecule has 0 unspecified atom stereocenters. The van der Waals surface area contributed by atoms with Crippen LogP contribution in [0.4, 0.5) is 0 Å². The summed E-state index contributed by atoms with van der Waals surface area (Å²) in [6.45, 7) is 2.60. The van der Waals surface area contributed by atoms with Crippen molar-refractivity contribution < 1.29 is 9.57 Å². The quantitative estimate of drug-likeness (QED) is 0.623. The molecule has 0 fully saturated rings. The zero-order valence-corrected chi connectivity index (χ0v) is 11.2. The van der Waals surface area contributed by atoms with E-state index in [0.29, 0.717) is 22.9 Å². The molecular formula is C14H13ClN2O2. The molecule has 0 saturated heterocycles. The number of nitrogens with zero attached hydrogens (tertiary/aromatic N) is 2. The number of hydrogen-bond acceptors (Lipinski definition) is 3. The number of aromatic nitrogens is 1. The number of nitriles is 1. The molecule has 5 heteroatoms. The molecule has 19 heavy (non-hydrogen) atoms. The lowest BCUT2D eigenvalue weighted by Gasteiger charge is -2.11. The first kappa shape index (κ1) is 13.5. The molecule has 98 valence electrons. The third-order valence-corrected chi connectivity index (χ3v) is 2.82. The van der Waals surface area contributed by atoms with E-state index in [-0.39, 0.29) is 6.79 Å². The van der Waals surface area contributed by atoms with Gasteiger partial charge in [-0.15, -0.1) is 0 Å². The normalized spacial score (nSPS) is 10.2. The monoisotopic (exact) mass is 276 g/mol. The van der Waals surface area contributed by atoms with Crippen molar-refractivity contribution in [3.8, 4) is 17.3 Å². The van der Waals surface area contributed by atoms with Gasteiger partial charge in [-0.1, -0.05) is 23.7 Å². The number of ether oxygens (including phenoxy) is 1. The summed E-state index contributed by atoms with van der Waals surface area (Å²) >= 11 is 5.87. The van der Waals surface area contributed by atoms with Gasteiger partial charge in [-0.25, -0.2) is 0 Å². The lowest BCUT2D eigenvalue weighted by molar-refractivity contribution is -0.0537. The minimum Gasteiger partial charge on any atom is -0.385 e. The van der Waals surface area contributed by atoms with E-state index in [1.807, 2.05) is 19.1 Å². The third-order valence-electron chi connectivity index (χ3n) is 2.57. The summed E-state index contributed by atoms with van der Waals surface area (Å²) in [5.74, 6) is 0. The summed E-state index contributed by atoms with van der Waals surface area (Å²) in [4.78, 5) is 5.46. The van der Waals surface area contributed by atoms with Gasteiger partial charge in [0.05, 0.1) is 5.56 Å². The van der Waals surface area contributed by atoms with Gasteiger partial charge in [0.1, 0.15) is 11.8 Å². The van der Waals surface area contributed by atoms with Crippen molar-refractivity contribution in [2.45, 2.75) is 6.92 Å². The fourth-order valence-electron chi connectivity index (χ4n) is 1.68. The van der Waals surface area contributed by atoms with Gasteiger partial charge in [0.25, 0.3) is 0 Å². The average Bonchev–Trinajstić information content (AvgIpc) is 2.83. The van der Waals surface area contributed by atoms with Gasteiger partial charge in [0.2, 0.25) is 6.79 Å². The lowest BCUT2D eigenvalue weighted by atomic mass is 10.1. The SMILES string of the molecule is CCOCOn1ccc(C#N)c1-c1ccc(Cl)cc1. The van der Waals surface area contributed by atoms with Gasteiger partial charge in [-0.05, 0) is 25.1 Å². The molecule has 0 spiro atoms. The van der Waals surface area contributed by atoms with E-state index in [2.05, 4.69) is 6.07 Å². The number of hydrogen-bond donors (Lipinski definition) is 0. The Labute approximate surface area is 116 Å². The zero-order chi connectivity index (χ0) is 13.7. The summed E-state index contributed by atoms with van der Waals surface area (Å²) in [5, 5.41) is 9.79. The van der Waals surface area contributed by atoms with Gasteiger partial charge in [-0.2, -0.15) is 9.99 Å². The predicted octanol–water partition coefficient (Wildman–Crippen LogP) is 3.10. The van der Waals surface area contributed by atoms with E-state index >= 15 is 0 Å². The van der Waals surface area contributed by atoms with Crippen molar-refractivity contribution in [3.05, 3.63) is 47.1 Å². The zero-order valence-electron chi connectivity index (χ0n) is 10.5. The highest BCUT2D eigenvalue weighted by Crippen LogP contribution is 2.25. The van der Waals surface area contributed by atoms with Crippen LogP contribution in [-0.2, 0) is 4.74 Å². The fraction of sp³-hybridized carbons (Fsp3) is 0.214. The second-order valence-corrected chi connectivity index (χ2v) is 4.20. The summed E-state index contributed by atoms with van der Waals surface area (Å²) < 4.78 is 6.68. The van der Waals surface area contributed by atoms with Crippen LogP contribution in [0.1, 0.15) is 12.5 Å². The van der Waals surface area contributed by atoms with Crippen LogP contribution < -0.4 is 4.84 Å². The van der Waals surface area contributed by atoms with Gasteiger partial charge in [-0.3, -0.25) is 0 Å². The predicted molar refractivity (Wildman–Crippen MR) is 72.7 cm³/mol. The lowest BCUT2D eigenvalue weighted by Crippen LogP contribution is -2.15. The van der Waals surface area contributed by atoms with E-state index in [9.17, 15) is 0 Å². The fourth-order valence-corrected chi connectivity index (χ4v) is 1.81. The molecule has 0 aliphatic carbocycles. The van der Waals surface area contributed by atoms with Crippen LogP contribution in [0, 0.1) is 11.3 Å². The Morgan fingerprint density at radius 3 is 2.63 bits per heavy atom. The molecule has 0 saturated carbocycles. The third kappa shape index (κ3) is 3.08. The van der Waals surface area contributed by atoms with E-state index in [0.717, 1.165) is 5.56 Å². The first-order chi connectivity index (χ1) is 9.26. The molecule has 0 N–H and O–H groups in total. The van der Waals surface area contributed by atoms with Crippen LogP contribution in [-0.4, -0.2) is 18.1 Å². The van der Waals surface area contributed by atoms with Gasteiger partial charge in [0.15, 0.2) is 0 Å². The largest absolute Gasteiger partial charge is 0.385 e. The topological polar surface area (TPSA) is 47.2 Å². The minimum absolute atomic E-state index is 0.136. The van der Waals surface area contributed by atoms with E-state index in [4.69, 9.17) is 26.4 Å². The van der Waals surface area contributed by atoms with E-state index < -0.39 is 0 Å². The molecule has 0 aliphatic heterocycles. The smallest absolute Gasteiger partial charge is 0.214 e. The second kappa shape index (κ2) is 6.28. The molecule has 2 rings (SSSR count). The van der Waals surface area contributed by atoms with Crippen LogP contribution in [0.5, 0.6) is 0 Å². The van der Waals surface area contributed by atoms with Gasteiger partial charge in [0, 0.05) is 23.4 Å². The maximum atomic E-state index is 9.14. The molecule has 0 amide bonds. The van der Waals surface area contributed by atoms with E-state index in [1.54, 1.807) is 24.4 Å². The highest BCUT2D eigenvalue weighted by molar-refractivity contribution is 6.30. The molecule has 1 heterocycles. The van der Waals surface area contributed by atoms with Crippen LogP contribution >= 0.6 is 11.6 Å². The Balaban J connectivity index is 2.34. The number of halogens is 1. The maximum Gasteiger partial charge on any atom is 0.214 e. The average molecular weight is 277 g/mol. The summed E-state index contributed by atoms with van der Waals surface area (Å²) in [6.07, 6.45) is 1.70. The Hall–Kier alpha value is -1.96. The Bertz CT molecular complexity index is 584. The highest BCUT2D eigenvalue weighted by Gasteiger charge is 2.12. The van der Waals surface area contributed by atoms with Gasteiger partial charge >= 0.3 is 0 Å². The highest BCUT2D eigenvalue weighted by atomic mass is 35.5. The molecule has 0 radical (unpaired) electrons. The van der Waals surface area contributed by atoms with Crippen molar-refractivity contribution in [1.29, 1.82) is 5.26 Å². The minimum atomic E-state index is 0.136. The maximum absolute atomic E-state index is 9.14. The molecule has 1 aromatic carbocycles. The van der Waals surface area contributed by atoms with Crippen LogP contribution in [0.15, 0.2) is 36.5 Å². The van der Waals surface area contributed by atoms with Crippen molar-refractivity contribution in [2.75, 3.05) is 13.4 Å². The van der Waals surface area contributed by atoms with Crippen molar-refractivity contribution in [3.63, 3.8) is 0 Å². The van der Waals surface area contributed by atoms with Crippen LogP contribution in [0.3, 0.4) is 0 Å². The van der Waals surface area contributed by atoms with Crippen LogP contribution in [0.2, 0.25) is 5.02 Å². The molecule has 0 aliphatic rings. The molecule has 0 bridgehead atoms.